The van der Waals surface area contributed by atoms with E-state index in [1.54, 1.807) is 28.7 Å². The molecular weight excluding hydrogens is 496 g/mol. The molecule has 0 spiro atoms. The Hall–Kier alpha value is -3.37. The molecule has 0 unspecified atom stereocenters. The van der Waals surface area contributed by atoms with Crippen molar-refractivity contribution in [3.63, 3.8) is 0 Å². The van der Waals surface area contributed by atoms with Crippen LogP contribution in [0.4, 0.5) is 5.69 Å². The number of nitrogens with one attached hydrogen (secondary N) is 1. The number of carbonyl (C=O) groups is 2. The Morgan fingerprint density at radius 3 is 2.69 bits per heavy atom. The number of thioether (sulfide) groups is 1. The summed E-state index contributed by atoms with van der Waals surface area (Å²) in [5.41, 5.74) is 3.71. The maximum atomic E-state index is 13.7. The third-order valence-electron chi connectivity index (χ3n) is 6.10. The van der Waals surface area contributed by atoms with E-state index in [2.05, 4.69) is 5.32 Å². The van der Waals surface area contributed by atoms with E-state index >= 15 is 0 Å². The fourth-order valence-corrected chi connectivity index (χ4v) is 6.58. The number of nitrogens with zero attached hydrogens (tertiary/aromatic N) is 3. The number of benzene rings is 1. The minimum absolute atomic E-state index is 0.0207. The molecule has 1 N–H and O–H groups in total. The number of anilines is 1. The highest BCUT2D eigenvalue weighted by Crippen LogP contribution is 2.34. The summed E-state index contributed by atoms with van der Waals surface area (Å²) >= 11 is 2.68. The maximum absolute atomic E-state index is 13.7. The smallest absolute Gasteiger partial charge is 0.263 e. The number of thiophene rings is 1. The van der Waals surface area contributed by atoms with E-state index < -0.39 is 0 Å². The number of hydrogen-bond donors (Lipinski definition) is 1. The molecule has 1 aliphatic heterocycles. The summed E-state index contributed by atoms with van der Waals surface area (Å²) in [4.78, 5) is 46.6. The van der Waals surface area contributed by atoms with Gasteiger partial charge in [-0.25, -0.2) is 4.98 Å². The highest BCUT2D eigenvalue weighted by molar-refractivity contribution is 7.99. The molecule has 0 bridgehead atoms. The number of hydrogen-bond acceptors (Lipinski definition) is 7. The summed E-state index contributed by atoms with van der Waals surface area (Å²) in [6, 6.07) is 9.48. The number of amides is 2. The van der Waals surface area contributed by atoms with Crippen LogP contribution >= 0.6 is 23.1 Å². The summed E-state index contributed by atoms with van der Waals surface area (Å²) in [5, 5.41) is 4.00. The molecule has 0 aliphatic carbocycles. The van der Waals surface area contributed by atoms with Gasteiger partial charge >= 0.3 is 0 Å². The predicted molar refractivity (Wildman–Crippen MR) is 142 cm³/mol. The van der Waals surface area contributed by atoms with E-state index in [1.165, 1.54) is 23.1 Å². The number of fused-ring (bicyclic) bond motifs is 3. The Bertz CT molecular complexity index is 1500. The van der Waals surface area contributed by atoms with Gasteiger partial charge in [-0.05, 0) is 61.2 Å². The van der Waals surface area contributed by atoms with E-state index in [0.717, 1.165) is 27.3 Å². The summed E-state index contributed by atoms with van der Waals surface area (Å²) in [6.07, 6.45) is 2.19. The molecule has 186 valence electrons. The zero-order valence-corrected chi connectivity index (χ0v) is 21.9. The average Bonchev–Trinajstić information content (AvgIpc) is 3.46. The van der Waals surface area contributed by atoms with Crippen LogP contribution in [-0.4, -0.2) is 38.6 Å². The third-order valence-corrected chi connectivity index (χ3v) is 8.19. The lowest BCUT2D eigenvalue weighted by Gasteiger charge is -2.25. The van der Waals surface area contributed by atoms with Crippen LogP contribution in [0, 0.1) is 13.8 Å². The van der Waals surface area contributed by atoms with Crippen LogP contribution in [0.3, 0.4) is 0 Å². The van der Waals surface area contributed by atoms with Crippen molar-refractivity contribution < 1.29 is 14.0 Å². The molecule has 0 saturated carbocycles. The molecular formula is C26H26N4O4S2. The molecule has 1 aliphatic rings. The molecule has 0 radical (unpaired) electrons. The van der Waals surface area contributed by atoms with Crippen molar-refractivity contribution in [3.8, 4) is 0 Å². The predicted octanol–water partition coefficient (Wildman–Crippen LogP) is 4.35. The third kappa shape index (κ3) is 4.96. The van der Waals surface area contributed by atoms with Crippen molar-refractivity contribution in [3.05, 3.63) is 74.3 Å². The van der Waals surface area contributed by atoms with Crippen molar-refractivity contribution in [1.29, 1.82) is 0 Å². The SMILES string of the molecule is CC(=O)N1CCc2c(sc3nc(SCC(=O)Nc4cc(C)cc(C)c4)n(Cc4ccco4)c(=O)c23)C1. The van der Waals surface area contributed by atoms with Gasteiger partial charge in [-0.1, -0.05) is 17.8 Å². The number of aromatic nitrogens is 2. The van der Waals surface area contributed by atoms with Crippen LogP contribution in [-0.2, 0) is 29.1 Å². The number of carbonyl (C=O) groups excluding carboxylic acids is 2. The lowest BCUT2D eigenvalue weighted by molar-refractivity contribution is -0.129. The van der Waals surface area contributed by atoms with Gasteiger partial charge in [-0.15, -0.1) is 11.3 Å². The topological polar surface area (TPSA) is 97.4 Å². The first-order chi connectivity index (χ1) is 17.3. The molecule has 2 amide bonds. The van der Waals surface area contributed by atoms with E-state index in [4.69, 9.17) is 9.40 Å². The highest BCUT2D eigenvalue weighted by Gasteiger charge is 2.26. The standard InChI is InChI=1S/C26H26N4O4S2/c1-15-9-16(2)11-18(10-15)27-22(32)14-35-26-28-24-23(25(33)30(26)12-19-5-4-8-34-19)20-6-7-29(17(3)31)13-21(20)36-24/h4-5,8-11H,6-7,12-14H2,1-3H3,(H,27,32). The largest absolute Gasteiger partial charge is 0.467 e. The Balaban J connectivity index is 1.46. The van der Waals surface area contributed by atoms with Gasteiger partial charge in [0.05, 0.1) is 30.5 Å². The van der Waals surface area contributed by atoms with Crippen molar-refractivity contribution in [2.45, 2.75) is 45.4 Å². The van der Waals surface area contributed by atoms with Crippen molar-refractivity contribution in [1.82, 2.24) is 14.5 Å². The summed E-state index contributed by atoms with van der Waals surface area (Å²) < 4.78 is 7.09. The molecule has 4 aromatic rings. The Labute approximate surface area is 216 Å². The van der Waals surface area contributed by atoms with Crippen LogP contribution in [0.1, 0.15) is 34.3 Å². The zero-order chi connectivity index (χ0) is 25.4. The first kappa shape index (κ1) is 24.3. The minimum Gasteiger partial charge on any atom is -0.467 e. The van der Waals surface area contributed by atoms with E-state index in [-0.39, 0.29) is 29.7 Å². The molecule has 5 rings (SSSR count). The average molecular weight is 523 g/mol. The monoisotopic (exact) mass is 522 g/mol. The molecule has 8 nitrogen and oxygen atoms in total. The second-order valence-corrected chi connectivity index (χ2v) is 11.0. The molecule has 0 atom stereocenters. The molecule has 0 saturated heterocycles. The van der Waals surface area contributed by atoms with Gasteiger partial charge in [-0.2, -0.15) is 0 Å². The normalized spacial score (nSPS) is 13.1. The quantitative estimate of drug-likeness (QED) is 0.299. The van der Waals surface area contributed by atoms with Crippen LogP contribution in [0.25, 0.3) is 10.2 Å². The highest BCUT2D eigenvalue weighted by atomic mass is 32.2. The van der Waals surface area contributed by atoms with Crippen molar-refractivity contribution in [2.75, 3.05) is 17.6 Å². The Morgan fingerprint density at radius 1 is 1.22 bits per heavy atom. The number of aryl methyl sites for hydroxylation is 2. The number of furan rings is 1. The van der Waals surface area contributed by atoms with Crippen LogP contribution in [0.5, 0.6) is 0 Å². The minimum atomic E-state index is -0.175. The molecule has 36 heavy (non-hydrogen) atoms. The van der Waals surface area contributed by atoms with Crippen LogP contribution < -0.4 is 10.9 Å². The van der Waals surface area contributed by atoms with E-state index in [0.29, 0.717) is 40.6 Å². The summed E-state index contributed by atoms with van der Waals surface area (Å²) in [6.45, 7) is 6.83. The van der Waals surface area contributed by atoms with Crippen molar-refractivity contribution in [2.24, 2.45) is 0 Å². The van der Waals surface area contributed by atoms with E-state index in [9.17, 15) is 14.4 Å². The maximum Gasteiger partial charge on any atom is 0.263 e. The fourth-order valence-electron chi connectivity index (χ4n) is 4.51. The lowest BCUT2D eigenvalue weighted by atomic mass is 10.1. The van der Waals surface area contributed by atoms with Crippen LogP contribution in [0.2, 0.25) is 0 Å². The van der Waals surface area contributed by atoms with E-state index in [1.807, 2.05) is 38.1 Å². The fraction of sp³-hybridized carbons (Fsp3) is 0.308. The Kier molecular flexibility index (Phi) is 6.72. The first-order valence-corrected chi connectivity index (χ1v) is 13.4. The molecule has 3 aromatic heterocycles. The van der Waals surface area contributed by atoms with Gasteiger partial charge in [0.25, 0.3) is 5.56 Å². The van der Waals surface area contributed by atoms with Gasteiger partial charge in [0.15, 0.2) is 5.16 Å². The molecule has 4 heterocycles. The van der Waals surface area contributed by atoms with Gasteiger partial charge in [0, 0.05) is 24.0 Å². The Morgan fingerprint density at radius 2 is 2.00 bits per heavy atom. The number of rotatable bonds is 6. The summed E-state index contributed by atoms with van der Waals surface area (Å²) in [7, 11) is 0. The van der Waals surface area contributed by atoms with Gasteiger partial charge in [-0.3, -0.25) is 19.0 Å². The second-order valence-electron chi connectivity index (χ2n) is 8.95. The first-order valence-electron chi connectivity index (χ1n) is 11.6. The van der Waals surface area contributed by atoms with Gasteiger partial charge in [0.2, 0.25) is 11.8 Å². The van der Waals surface area contributed by atoms with Crippen LogP contribution in [0.15, 0.2) is 51.0 Å². The molecule has 10 heteroatoms. The van der Waals surface area contributed by atoms with Gasteiger partial charge < -0.3 is 14.6 Å². The summed E-state index contributed by atoms with van der Waals surface area (Å²) in [5.74, 6) is 0.581. The zero-order valence-electron chi connectivity index (χ0n) is 20.3. The van der Waals surface area contributed by atoms with Gasteiger partial charge in [0.1, 0.15) is 10.6 Å². The lowest BCUT2D eigenvalue weighted by Crippen LogP contribution is -2.34. The molecule has 1 aromatic carbocycles. The molecule has 0 fully saturated rings. The second kappa shape index (κ2) is 9.94. The van der Waals surface area contributed by atoms with Crippen molar-refractivity contribution >= 4 is 50.8 Å².